The van der Waals surface area contributed by atoms with Crippen LogP contribution in [0.4, 0.5) is 4.79 Å². The smallest absolute Gasteiger partial charge is 0.411 e. The Labute approximate surface area is 139 Å². The number of amides is 1. The molecule has 1 amide bonds. The van der Waals surface area contributed by atoms with Gasteiger partial charge in [0.2, 0.25) is 0 Å². The van der Waals surface area contributed by atoms with E-state index in [9.17, 15) is 9.59 Å². The van der Waals surface area contributed by atoms with Crippen molar-refractivity contribution in [2.24, 2.45) is 5.92 Å². The van der Waals surface area contributed by atoms with Gasteiger partial charge in [-0.3, -0.25) is 4.90 Å². The molecule has 0 saturated carbocycles. The number of hydrogen-bond acceptors (Lipinski definition) is 5. The Hall–Kier alpha value is -1.30. The van der Waals surface area contributed by atoms with Gasteiger partial charge in [0.25, 0.3) is 0 Å². The van der Waals surface area contributed by atoms with Gasteiger partial charge in [0.1, 0.15) is 17.2 Å². The summed E-state index contributed by atoms with van der Waals surface area (Å²) in [4.78, 5) is 26.4. The third-order valence-electron chi connectivity index (χ3n) is 3.68. The predicted octanol–water partition coefficient (Wildman–Crippen LogP) is 2.99. The minimum atomic E-state index is -0.633. The fourth-order valence-corrected chi connectivity index (χ4v) is 2.52. The number of carbonyl (C=O) groups is 2. The lowest BCUT2D eigenvalue weighted by atomic mass is 10.00. The highest BCUT2D eigenvalue weighted by atomic mass is 16.6. The highest BCUT2D eigenvalue weighted by Crippen LogP contribution is 2.30. The average molecular weight is 329 g/mol. The molecule has 1 aliphatic rings. The Bertz CT molecular complexity index is 399. The normalized spacial score (nSPS) is 23.6. The molecule has 134 valence electrons. The Morgan fingerprint density at radius 2 is 1.57 bits per heavy atom. The summed E-state index contributed by atoms with van der Waals surface area (Å²) in [5.74, 6) is -0.320. The number of hydrogen-bond donors (Lipinski definition) is 0. The van der Waals surface area contributed by atoms with Crippen LogP contribution < -0.4 is 0 Å². The summed E-state index contributed by atoms with van der Waals surface area (Å²) in [7, 11) is 1.63. The van der Waals surface area contributed by atoms with Gasteiger partial charge in [0, 0.05) is 19.6 Å². The Morgan fingerprint density at radius 1 is 1.04 bits per heavy atom. The molecule has 0 aromatic rings. The molecule has 0 radical (unpaired) electrons. The van der Waals surface area contributed by atoms with Gasteiger partial charge >= 0.3 is 12.1 Å². The SMILES string of the molecule is COC(C)C1CC(C(=O)OC(C)(C)C)N(C(=O)OC(C)(C)C)C1. The first-order chi connectivity index (χ1) is 10.3. The molecule has 0 aliphatic carbocycles. The molecule has 6 nitrogen and oxygen atoms in total. The van der Waals surface area contributed by atoms with E-state index in [1.54, 1.807) is 27.9 Å². The van der Waals surface area contributed by atoms with Crippen LogP contribution in [0.15, 0.2) is 0 Å². The molecule has 23 heavy (non-hydrogen) atoms. The van der Waals surface area contributed by atoms with Crippen molar-refractivity contribution in [3.05, 3.63) is 0 Å². The molecule has 1 saturated heterocycles. The van der Waals surface area contributed by atoms with E-state index in [0.717, 1.165) is 0 Å². The molecule has 0 N–H and O–H groups in total. The summed E-state index contributed by atoms with van der Waals surface area (Å²) in [6.07, 6.45) is -0.0186. The standard InChI is InChI=1S/C17H31NO5/c1-11(21-8)12-9-13(14(19)22-16(2,3)4)18(10-12)15(20)23-17(5,6)7/h11-13H,9-10H2,1-8H3. The first-order valence-electron chi connectivity index (χ1n) is 8.09. The van der Waals surface area contributed by atoms with Gasteiger partial charge in [0.15, 0.2) is 0 Å². The van der Waals surface area contributed by atoms with Gasteiger partial charge in [-0.2, -0.15) is 0 Å². The van der Waals surface area contributed by atoms with Crippen molar-refractivity contribution >= 4 is 12.1 Å². The maximum atomic E-state index is 12.5. The second-order valence-corrected chi connectivity index (χ2v) is 8.12. The van der Waals surface area contributed by atoms with Gasteiger partial charge in [-0.05, 0) is 54.9 Å². The summed E-state index contributed by atoms with van der Waals surface area (Å²) in [5, 5.41) is 0. The van der Waals surface area contributed by atoms with Gasteiger partial charge in [-0.1, -0.05) is 0 Å². The van der Waals surface area contributed by atoms with Crippen LogP contribution in [-0.2, 0) is 19.0 Å². The Balaban J connectivity index is 2.93. The maximum absolute atomic E-state index is 12.5. The van der Waals surface area contributed by atoms with Crippen molar-refractivity contribution in [1.29, 1.82) is 0 Å². The second kappa shape index (κ2) is 7.07. The van der Waals surface area contributed by atoms with E-state index in [-0.39, 0.29) is 12.0 Å². The molecule has 1 heterocycles. The molecule has 0 aromatic heterocycles. The monoisotopic (exact) mass is 329 g/mol. The van der Waals surface area contributed by atoms with Crippen molar-refractivity contribution in [1.82, 2.24) is 4.90 Å². The van der Waals surface area contributed by atoms with Crippen molar-refractivity contribution in [2.45, 2.75) is 78.2 Å². The van der Waals surface area contributed by atoms with Crippen LogP contribution in [-0.4, -0.2) is 54.0 Å². The zero-order valence-corrected chi connectivity index (χ0v) is 15.6. The third-order valence-corrected chi connectivity index (χ3v) is 3.68. The first kappa shape index (κ1) is 19.7. The number of rotatable bonds is 3. The van der Waals surface area contributed by atoms with Crippen LogP contribution in [0.2, 0.25) is 0 Å². The minimum Gasteiger partial charge on any atom is -0.458 e. The summed E-state index contributed by atoms with van der Waals surface area (Å²) < 4.78 is 16.3. The van der Waals surface area contributed by atoms with Crippen molar-refractivity contribution < 1.29 is 23.8 Å². The van der Waals surface area contributed by atoms with E-state index in [2.05, 4.69) is 0 Å². The number of ether oxygens (including phenoxy) is 3. The lowest BCUT2D eigenvalue weighted by Crippen LogP contribution is -2.45. The van der Waals surface area contributed by atoms with Gasteiger partial charge < -0.3 is 14.2 Å². The van der Waals surface area contributed by atoms with Crippen LogP contribution in [0.1, 0.15) is 54.9 Å². The van der Waals surface area contributed by atoms with E-state index in [4.69, 9.17) is 14.2 Å². The van der Waals surface area contributed by atoms with Crippen molar-refractivity contribution in [2.75, 3.05) is 13.7 Å². The highest BCUT2D eigenvalue weighted by molar-refractivity contribution is 5.82. The third kappa shape index (κ3) is 6.01. The molecule has 3 unspecified atom stereocenters. The number of carbonyl (C=O) groups excluding carboxylic acids is 2. The number of esters is 1. The Morgan fingerprint density at radius 3 is 2.00 bits per heavy atom. The number of methoxy groups -OCH3 is 1. The average Bonchev–Trinajstić information content (AvgIpc) is 2.78. The molecular weight excluding hydrogens is 298 g/mol. The number of nitrogens with zero attached hydrogens (tertiary/aromatic N) is 1. The largest absolute Gasteiger partial charge is 0.458 e. The zero-order valence-electron chi connectivity index (χ0n) is 15.6. The summed E-state index contributed by atoms with van der Waals surface area (Å²) in [5.41, 5.74) is -1.21. The molecule has 0 spiro atoms. The van der Waals surface area contributed by atoms with Crippen LogP contribution in [0.5, 0.6) is 0 Å². The maximum Gasteiger partial charge on any atom is 0.411 e. The van der Waals surface area contributed by atoms with Crippen LogP contribution in [0, 0.1) is 5.92 Å². The van der Waals surface area contributed by atoms with Gasteiger partial charge in [-0.25, -0.2) is 9.59 Å². The van der Waals surface area contributed by atoms with E-state index in [1.165, 1.54) is 4.90 Å². The summed E-state index contributed by atoms with van der Waals surface area (Å²) >= 11 is 0. The molecule has 3 atom stereocenters. The molecule has 1 aliphatic heterocycles. The first-order valence-corrected chi connectivity index (χ1v) is 8.09. The topological polar surface area (TPSA) is 65.1 Å². The summed E-state index contributed by atoms with van der Waals surface area (Å²) in [6, 6.07) is -0.633. The second-order valence-electron chi connectivity index (χ2n) is 8.12. The molecule has 0 aromatic carbocycles. The van der Waals surface area contributed by atoms with Crippen LogP contribution >= 0.6 is 0 Å². The highest BCUT2D eigenvalue weighted by Gasteiger charge is 2.44. The fourth-order valence-electron chi connectivity index (χ4n) is 2.52. The predicted molar refractivity (Wildman–Crippen MR) is 87.2 cm³/mol. The van der Waals surface area contributed by atoms with E-state index >= 15 is 0 Å². The van der Waals surface area contributed by atoms with Crippen LogP contribution in [0.3, 0.4) is 0 Å². The van der Waals surface area contributed by atoms with Crippen molar-refractivity contribution in [3.8, 4) is 0 Å². The van der Waals surface area contributed by atoms with E-state index in [1.807, 2.05) is 27.7 Å². The Kier molecular flexibility index (Phi) is 6.07. The molecule has 0 bridgehead atoms. The fraction of sp³-hybridized carbons (Fsp3) is 0.882. The zero-order chi connectivity index (χ0) is 18.0. The summed E-state index contributed by atoms with van der Waals surface area (Å²) in [6.45, 7) is 13.2. The molecule has 1 rings (SSSR count). The molecular formula is C17H31NO5. The molecule has 6 heteroatoms. The quantitative estimate of drug-likeness (QED) is 0.745. The van der Waals surface area contributed by atoms with E-state index < -0.39 is 29.3 Å². The van der Waals surface area contributed by atoms with Gasteiger partial charge in [-0.15, -0.1) is 0 Å². The van der Waals surface area contributed by atoms with Gasteiger partial charge in [0.05, 0.1) is 6.10 Å². The minimum absolute atomic E-state index is 0.0487. The molecule has 1 fully saturated rings. The van der Waals surface area contributed by atoms with Crippen molar-refractivity contribution in [3.63, 3.8) is 0 Å². The lowest BCUT2D eigenvalue weighted by molar-refractivity contribution is -0.160. The van der Waals surface area contributed by atoms with Crippen LogP contribution in [0.25, 0.3) is 0 Å². The number of likely N-dealkylation sites (tertiary alicyclic amines) is 1. The van der Waals surface area contributed by atoms with E-state index in [0.29, 0.717) is 13.0 Å². The lowest BCUT2D eigenvalue weighted by Gasteiger charge is -2.29.